The Balaban J connectivity index is 0.00000200. The summed E-state index contributed by atoms with van der Waals surface area (Å²) in [6.45, 7) is 2.66. The molecule has 1 amide bonds. The lowest BCUT2D eigenvalue weighted by molar-refractivity contribution is 0.0696. The van der Waals surface area contributed by atoms with Gasteiger partial charge in [-0.25, -0.2) is 9.59 Å². The molecule has 2 N–H and O–H groups in total. The number of benzene rings is 1. The molecule has 0 aliphatic carbocycles. The van der Waals surface area contributed by atoms with Crippen molar-refractivity contribution in [3.8, 4) is 0 Å². The van der Waals surface area contributed by atoms with Crippen LogP contribution < -0.4 is 5.32 Å². The minimum absolute atomic E-state index is 0. The monoisotopic (exact) mass is 279 g/mol. The Morgan fingerprint density at radius 1 is 1.45 bits per heavy atom. The van der Waals surface area contributed by atoms with Crippen LogP contribution in [0.1, 0.15) is 49.0 Å². The minimum atomic E-state index is -0.914. The number of rotatable bonds is 5. The van der Waals surface area contributed by atoms with E-state index in [0.29, 0.717) is 18.0 Å². The van der Waals surface area contributed by atoms with Crippen molar-refractivity contribution in [2.24, 2.45) is 0 Å². The number of hydrogen-bond acceptors (Lipinski definition) is 3. The molecule has 0 unspecified atom stereocenters. The Kier molecular flexibility index (Phi) is 5.55. The van der Waals surface area contributed by atoms with Crippen LogP contribution in [0, 0.1) is 0 Å². The summed E-state index contributed by atoms with van der Waals surface area (Å²) in [6, 6.07) is 6.91. The Morgan fingerprint density at radius 3 is 2.60 bits per heavy atom. The van der Waals surface area contributed by atoms with Crippen LogP contribution in [0.15, 0.2) is 24.3 Å². The minimum Gasteiger partial charge on any atom is -0.478 e. The molecule has 1 saturated heterocycles. The van der Waals surface area contributed by atoms with Crippen LogP contribution in [-0.4, -0.2) is 29.8 Å². The number of ether oxygens (including phenoxy) is 1. The van der Waals surface area contributed by atoms with Gasteiger partial charge in [-0.2, -0.15) is 0 Å². The van der Waals surface area contributed by atoms with Gasteiger partial charge < -0.3 is 15.2 Å². The van der Waals surface area contributed by atoms with Crippen molar-refractivity contribution in [2.75, 3.05) is 6.54 Å². The van der Waals surface area contributed by atoms with Gasteiger partial charge in [0.1, 0.15) is 6.10 Å². The molecule has 0 radical (unpaired) electrons. The second-order valence-electron chi connectivity index (χ2n) is 4.81. The number of amides is 1. The lowest BCUT2D eigenvalue weighted by atomic mass is 9.94. The molecule has 2 atom stereocenters. The van der Waals surface area contributed by atoms with Gasteiger partial charge in [-0.1, -0.05) is 26.5 Å². The number of alkyl carbamates (subject to hydrolysis) is 1. The highest BCUT2D eigenvalue weighted by Gasteiger charge is 2.22. The number of carboxylic acid groups (broad SMARTS) is 1. The molecule has 5 heteroatoms. The fraction of sp³-hybridized carbons (Fsp3) is 0.467. The zero-order valence-electron chi connectivity index (χ0n) is 10.8. The van der Waals surface area contributed by atoms with Crippen molar-refractivity contribution >= 4 is 12.1 Å². The SMILES string of the molecule is C.C[C@H](CC[C@H]1CNC(=O)O1)c1ccc(C(=O)O)cc1. The largest absolute Gasteiger partial charge is 0.478 e. The molecule has 1 fully saturated rings. The molecular formula is C15H21NO4. The molecular weight excluding hydrogens is 258 g/mol. The van der Waals surface area contributed by atoms with E-state index in [0.717, 1.165) is 18.4 Å². The average molecular weight is 279 g/mol. The summed E-state index contributed by atoms with van der Waals surface area (Å²) in [5.74, 6) is -0.606. The summed E-state index contributed by atoms with van der Waals surface area (Å²) in [7, 11) is 0. The fourth-order valence-electron chi connectivity index (χ4n) is 2.15. The fourth-order valence-corrected chi connectivity index (χ4v) is 2.15. The Hall–Kier alpha value is -2.04. The van der Waals surface area contributed by atoms with Gasteiger partial charge in [0.05, 0.1) is 12.1 Å². The lowest BCUT2D eigenvalue weighted by Crippen LogP contribution is -2.15. The zero-order chi connectivity index (χ0) is 13.8. The topological polar surface area (TPSA) is 75.6 Å². The highest BCUT2D eigenvalue weighted by atomic mass is 16.6. The van der Waals surface area contributed by atoms with Gasteiger partial charge in [0, 0.05) is 0 Å². The van der Waals surface area contributed by atoms with Crippen LogP contribution in [0.4, 0.5) is 4.79 Å². The molecule has 0 aromatic heterocycles. The van der Waals surface area contributed by atoms with Crippen LogP contribution in [0.3, 0.4) is 0 Å². The first-order chi connectivity index (χ1) is 9.06. The third-order valence-corrected chi connectivity index (χ3v) is 3.40. The molecule has 1 aromatic carbocycles. The second-order valence-corrected chi connectivity index (χ2v) is 4.81. The van der Waals surface area contributed by atoms with Crippen LogP contribution in [-0.2, 0) is 4.74 Å². The number of aromatic carboxylic acids is 1. The molecule has 5 nitrogen and oxygen atoms in total. The number of carbonyl (C=O) groups is 2. The van der Waals surface area contributed by atoms with E-state index in [1.807, 2.05) is 12.1 Å². The molecule has 1 aliphatic heterocycles. The van der Waals surface area contributed by atoms with Crippen molar-refractivity contribution in [1.29, 1.82) is 0 Å². The summed E-state index contributed by atoms with van der Waals surface area (Å²) in [5.41, 5.74) is 1.40. The summed E-state index contributed by atoms with van der Waals surface area (Å²) < 4.78 is 5.07. The maximum absolute atomic E-state index is 10.9. The average Bonchev–Trinajstić information content (AvgIpc) is 2.82. The van der Waals surface area contributed by atoms with Crippen molar-refractivity contribution in [3.05, 3.63) is 35.4 Å². The van der Waals surface area contributed by atoms with E-state index in [-0.39, 0.29) is 19.6 Å². The van der Waals surface area contributed by atoms with Crippen molar-refractivity contribution < 1.29 is 19.4 Å². The third-order valence-electron chi connectivity index (χ3n) is 3.40. The van der Waals surface area contributed by atoms with Crippen LogP contribution in [0.5, 0.6) is 0 Å². The zero-order valence-corrected chi connectivity index (χ0v) is 10.8. The Labute approximate surface area is 118 Å². The van der Waals surface area contributed by atoms with Crippen molar-refractivity contribution in [3.63, 3.8) is 0 Å². The second kappa shape index (κ2) is 6.93. The maximum atomic E-state index is 10.9. The molecule has 20 heavy (non-hydrogen) atoms. The van der Waals surface area contributed by atoms with E-state index < -0.39 is 5.97 Å². The normalized spacial score (nSPS) is 18.6. The number of cyclic esters (lactones) is 1. The Morgan fingerprint density at radius 2 is 2.10 bits per heavy atom. The first-order valence-corrected chi connectivity index (χ1v) is 6.34. The highest BCUT2D eigenvalue weighted by Crippen LogP contribution is 2.23. The third kappa shape index (κ3) is 3.98. The van der Waals surface area contributed by atoms with Gasteiger partial charge in [-0.15, -0.1) is 0 Å². The molecule has 0 bridgehead atoms. The summed E-state index contributed by atoms with van der Waals surface area (Å²) >= 11 is 0. The first-order valence-electron chi connectivity index (χ1n) is 6.34. The number of carboxylic acids is 1. The van der Waals surface area contributed by atoms with Gasteiger partial charge in [0.15, 0.2) is 0 Å². The predicted molar refractivity (Wildman–Crippen MR) is 76.1 cm³/mol. The molecule has 0 saturated carbocycles. The van der Waals surface area contributed by atoms with E-state index in [1.165, 1.54) is 0 Å². The van der Waals surface area contributed by atoms with Crippen molar-refractivity contribution in [1.82, 2.24) is 5.32 Å². The maximum Gasteiger partial charge on any atom is 0.407 e. The van der Waals surface area contributed by atoms with E-state index in [4.69, 9.17) is 9.84 Å². The molecule has 110 valence electrons. The molecule has 0 spiro atoms. The number of nitrogens with one attached hydrogen (secondary N) is 1. The van der Waals surface area contributed by atoms with Gasteiger partial charge in [-0.05, 0) is 36.5 Å². The van der Waals surface area contributed by atoms with Crippen LogP contribution in [0.25, 0.3) is 0 Å². The van der Waals surface area contributed by atoms with E-state index >= 15 is 0 Å². The van der Waals surface area contributed by atoms with Crippen LogP contribution in [0.2, 0.25) is 0 Å². The first kappa shape index (κ1) is 16.0. The summed E-state index contributed by atoms with van der Waals surface area (Å²) in [4.78, 5) is 21.6. The molecule has 1 heterocycles. The van der Waals surface area contributed by atoms with E-state index in [2.05, 4.69) is 12.2 Å². The molecule has 2 rings (SSSR count). The standard InChI is InChI=1S/C14H17NO4.CH4/c1-9(2-7-12-8-15-14(18)19-12)10-3-5-11(6-4-10)13(16)17;/h3-6,9,12H,2,7-8H2,1H3,(H,15,18)(H,16,17);1H4/t9-,12+;/m1./s1. The Bertz CT molecular complexity index is 469. The molecule has 1 aromatic rings. The number of hydrogen-bond donors (Lipinski definition) is 2. The van der Waals surface area contributed by atoms with Gasteiger partial charge in [-0.3, -0.25) is 0 Å². The van der Waals surface area contributed by atoms with Crippen molar-refractivity contribution in [2.45, 2.75) is 39.2 Å². The van der Waals surface area contributed by atoms with Gasteiger partial charge >= 0.3 is 12.1 Å². The van der Waals surface area contributed by atoms with Gasteiger partial charge in [0.25, 0.3) is 0 Å². The van der Waals surface area contributed by atoms with Crippen LogP contribution >= 0.6 is 0 Å². The van der Waals surface area contributed by atoms with E-state index in [9.17, 15) is 9.59 Å². The smallest absolute Gasteiger partial charge is 0.407 e. The molecule has 1 aliphatic rings. The number of carbonyl (C=O) groups excluding carboxylic acids is 1. The quantitative estimate of drug-likeness (QED) is 0.868. The highest BCUT2D eigenvalue weighted by molar-refractivity contribution is 5.87. The summed E-state index contributed by atoms with van der Waals surface area (Å²) in [6.07, 6.45) is 1.31. The van der Waals surface area contributed by atoms with E-state index in [1.54, 1.807) is 12.1 Å². The summed E-state index contributed by atoms with van der Waals surface area (Å²) in [5, 5.41) is 11.5. The van der Waals surface area contributed by atoms with Gasteiger partial charge in [0.2, 0.25) is 0 Å². The lowest BCUT2D eigenvalue weighted by Gasteiger charge is -2.14. The predicted octanol–water partition coefficient (Wildman–Crippen LogP) is 3.01.